The van der Waals surface area contributed by atoms with E-state index in [0.717, 1.165) is 6.54 Å². The molecule has 1 heteroatoms. The minimum Gasteiger partial charge on any atom is -0.351 e. The van der Waals surface area contributed by atoms with Gasteiger partial charge in [-0.05, 0) is 26.1 Å². The first kappa shape index (κ1) is 7.13. The second kappa shape index (κ2) is 3.25. The first-order valence-corrected chi connectivity index (χ1v) is 3.55. The molecule has 0 aromatic heterocycles. The molecule has 1 aliphatic rings. The lowest BCUT2D eigenvalue weighted by Gasteiger charge is -2.18. The number of hydrogen-bond acceptors (Lipinski definition) is 1. The van der Waals surface area contributed by atoms with Crippen molar-refractivity contribution < 1.29 is 0 Å². The van der Waals surface area contributed by atoms with Crippen molar-refractivity contribution in [2.45, 2.75) is 13.8 Å². The van der Waals surface area contributed by atoms with Gasteiger partial charge in [-0.3, -0.25) is 0 Å². The summed E-state index contributed by atoms with van der Waals surface area (Å²) in [6.07, 6.45) is 10.4. The molecule has 1 heterocycles. The summed E-state index contributed by atoms with van der Waals surface area (Å²) < 4.78 is 0. The van der Waals surface area contributed by atoms with E-state index in [-0.39, 0.29) is 0 Å². The van der Waals surface area contributed by atoms with Crippen molar-refractivity contribution in [3.8, 4) is 0 Å². The van der Waals surface area contributed by atoms with Gasteiger partial charge in [0.1, 0.15) is 0 Å². The Morgan fingerprint density at radius 1 is 1.60 bits per heavy atom. The van der Waals surface area contributed by atoms with Crippen molar-refractivity contribution in [2.75, 3.05) is 6.54 Å². The van der Waals surface area contributed by atoms with Crippen LogP contribution in [0.2, 0.25) is 0 Å². The molecule has 0 aromatic carbocycles. The molecule has 10 heavy (non-hydrogen) atoms. The molecular weight excluding hydrogens is 122 g/mol. The standard InChI is InChI=1S/C9H13N/c1-3-6-10-7-4-5-9(2)8-10/h3-7H,8H2,1-2H3. The molecule has 0 unspecified atom stereocenters. The third-order valence-corrected chi connectivity index (χ3v) is 1.43. The topological polar surface area (TPSA) is 3.24 Å². The average molecular weight is 135 g/mol. The van der Waals surface area contributed by atoms with E-state index in [1.807, 2.05) is 13.0 Å². The maximum atomic E-state index is 2.16. The average Bonchev–Trinajstić information content (AvgIpc) is 1.88. The lowest BCUT2D eigenvalue weighted by atomic mass is 10.2. The van der Waals surface area contributed by atoms with E-state index in [4.69, 9.17) is 0 Å². The van der Waals surface area contributed by atoms with Crippen LogP contribution in [0.25, 0.3) is 0 Å². The van der Waals surface area contributed by atoms with Crippen LogP contribution in [-0.2, 0) is 0 Å². The van der Waals surface area contributed by atoms with Gasteiger partial charge in [-0.15, -0.1) is 0 Å². The molecule has 0 spiro atoms. The van der Waals surface area contributed by atoms with Gasteiger partial charge in [0, 0.05) is 12.7 Å². The van der Waals surface area contributed by atoms with Crippen LogP contribution in [-0.4, -0.2) is 11.4 Å². The van der Waals surface area contributed by atoms with Crippen molar-refractivity contribution >= 4 is 0 Å². The van der Waals surface area contributed by atoms with Crippen LogP contribution in [0.15, 0.2) is 36.2 Å². The zero-order valence-electron chi connectivity index (χ0n) is 6.54. The third-order valence-electron chi connectivity index (χ3n) is 1.43. The molecule has 0 aromatic rings. The van der Waals surface area contributed by atoms with E-state index in [1.165, 1.54) is 5.57 Å². The van der Waals surface area contributed by atoms with Crippen LogP contribution in [0.5, 0.6) is 0 Å². The zero-order valence-corrected chi connectivity index (χ0v) is 6.54. The molecule has 1 rings (SSSR count). The van der Waals surface area contributed by atoms with Crippen LogP contribution >= 0.6 is 0 Å². The molecular formula is C9H13N. The highest BCUT2D eigenvalue weighted by atomic mass is 15.1. The Balaban J connectivity index is 2.55. The zero-order chi connectivity index (χ0) is 7.40. The van der Waals surface area contributed by atoms with Gasteiger partial charge in [-0.25, -0.2) is 0 Å². The largest absolute Gasteiger partial charge is 0.351 e. The van der Waals surface area contributed by atoms with Crippen LogP contribution in [0.4, 0.5) is 0 Å². The highest BCUT2D eigenvalue weighted by Gasteiger charge is 1.97. The van der Waals surface area contributed by atoms with Gasteiger partial charge < -0.3 is 4.90 Å². The monoisotopic (exact) mass is 135 g/mol. The molecule has 0 saturated carbocycles. The van der Waals surface area contributed by atoms with Crippen molar-refractivity contribution in [3.63, 3.8) is 0 Å². The summed E-state index contributed by atoms with van der Waals surface area (Å²) in [6, 6.07) is 0. The Morgan fingerprint density at radius 2 is 2.40 bits per heavy atom. The summed E-state index contributed by atoms with van der Waals surface area (Å²) in [5, 5.41) is 0. The molecule has 1 nitrogen and oxygen atoms in total. The summed E-state index contributed by atoms with van der Waals surface area (Å²) >= 11 is 0. The van der Waals surface area contributed by atoms with Gasteiger partial charge in [-0.2, -0.15) is 0 Å². The van der Waals surface area contributed by atoms with Gasteiger partial charge >= 0.3 is 0 Å². The van der Waals surface area contributed by atoms with Crippen LogP contribution in [0, 0.1) is 0 Å². The summed E-state index contributed by atoms with van der Waals surface area (Å²) in [4.78, 5) is 2.16. The first-order chi connectivity index (χ1) is 4.83. The maximum absolute atomic E-state index is 2.16. The predicted molar refractivity (Wildman–Crippen MR) is 44.4 cm³/mol. The van der Waals surface area contributed by atoms with Crippen molar-refractivity contribution in [2.24, 2.45) is 0 Å². The van der Waals surface area contributed by atoms with E-state index >= 15 is 0 Å². The van der Waals surface area contributed by atoms with Gasteiger partial charge in [0.15, 0.2) is 0 Å². The van der Waals surface area contributed by atoms with E-state index in [1.54, 1.807) is 0 Å². The molecule has 54 valence electrons. The molecule has 0 N–H and O–H groups in total. The second-order valence-electron chi connectivity index (χ2n) is 2.51. The molecule has 0 bridgehead atoms. The number of hydrogen-bond donors (Lipinski definition) is 0. The summed E-state index contributed by atoms with van der Waals surface area (Å²) in [5.74, 6) is 0. The van der Waals surface area contributed by atoms with E-state index in [9.17, 15) is 0 Å². The lowest BCUT2D eigenvalue weighted by molar-refractivity contribution is 0.543. The molecule has 0 fully saturated rings. The van der Waals surface area contributed by atoms with Crippen molar-refractivity contribution in [1.29, 1.82) is 0 Å². The summed E-state index contributed by atoms with van der Waals surface area (Å²) in [6.45, 7) is 5.20. The first-order valence-electron chi connectivity index (χ1n) is 3.55. The summed E-state index contributed by atoms with van der Waals surface area (Å²) in [5.41, 5.74) is 1.40. The normalized spacial score (nSPS) is 18.2. The van der Waals surface area contributed by atoms with E-state index < -0.39 is 0 Å². The quantitative estimate of drug-likeness (QED) is 0.533. The van der Waals surface area contributed by atoms with Gasteiger partial charge in [0.25, 0.3) is 0 Å². The Kier molecular flexibility index (Phi) is 2.32. The number of allylic oxidation sites excluding steroid dienone is 3. The molecule has 0 amide bonds. The Labute approximate surface area is 62.3 Å². The molecule has 0 aliphatic carbocycles. The fourth-order valence-electron chi connectivity index (χ4n) is 1.01. The van der Waals surface area contributed by atoms with Crippen molar-refractivity contribution in [3.05, 3.63) is 36.2 Å². The van der Waals surface area contributed by atoms with Gasteiger partial charge in [-0.1, -0.05) is 17.7 Å². The van der Waals surface area contributed by atoms with Crippen molar-refractivity contribution in [1.82, 2.24) is 4.90 Å². The third kappa shape index (κ3) is 1.76. The second-order valence-corrected chi connectivity index (χ2v) is 2.51. The predicted octanol–water partition coefficient (Wildman–Crippen LogP) is 2.30. The van der Waals surface area contributed by atoms with Crippen LogP contribution in [0.3, 0.4) is 0 Å². The fourth-order valence-corrected chi connectivity index (χ4v) is 1.01. The molecule has 0 saturated heterocycles. The molecule has 0 radical (unpaired) electrons. The highest BCUT2D eigenvalue weighted by molar-refractivity contribution is 5.18. The highest BCUT2D eigenvalue weighted by Crippen LogP contribution is 2.05. The SMILES string of the molecule is CC=CN1C=CC=C(C)C1. The Hall–Kier alpha value is -0.980. The Morgan fingerprint density at radius 3 is 3.00 bits per heavy atom. The smallest absolute Gasteiger partial charge is 0.0430 e. The fraction of sp³-hybridized carbons (Fsp3) is 0.333. The number of nitrogens with zero attached hydrogens (tertiary/aromatic N) is 1. The van der Waals surface area contributed by atoms with Gasteiger partial charge in [0.2, 0.25) is 0 Å². The lowest BCUT2D eigenvalue weighted by Crippen LogP contribution is -2.14. The van der Waals surface area contributed by atoms with Crippen LogP contribution in [0.1, 0.15) is 13.8 Å². The van der Waals surface area contributed by atoms with E-state index in [0.29, 0.717) is 0 Å². The molecule has 1 aliphatic heterocycles. The minimum atomic E-state index is 1.03. The minimum absolute atomic E-state index is 1.03. The summed E-state index contributed by atoms with van der Waals surface area (Å²) in [7, 11) is 0. The Bertz CT molecular complexity index is 187. The van der Waals surface area contributed by atoms with E-state index in [2.05, 4.69) is 36.4 Å². The van der Waals surface area contributed by atoms with Gasteiger partial charge in [0.05, 0.1) is 0 Å². The maximum Gasteiger partial charge on any atom is 0.0430 e. The molecule has 0 atom stereocenters. The number of rotatable bonds is 1. The van der Waals surface area contributed by atoms with Crippen LogP contribution < -0.4 is 0 Å².